The van der Waals surface area contributed by atoms with Crippen molar-refractivity contribution in [2.75, 3.05) is 13.7 Å². The topological polar surface area (TPSA) is 130 Å². The van der Waals surface area contributed by atoms with Crippen molar-refractivity contribution >= 4 is 35.3 Å². The second-order valence-electron chi connectivity index (χ2n) is 5.33. The summed E-state index contributed by atoms with van der Waals surface area (Å²) in [6.07, 6.45) is 2.33. The number of ether oxygens (including phenoxy) is 2. The largest absolute Gasteiger partial charge is 0.496 e. The lowest BCUT2D eigenvalue weighted by molar-refractivity contribution is -0.139. The van der Waals surface area contributed by atoms with Gasteiger partial charge in [-0.05, 0) is 36.8 Å². The monoisotopic (exact) mass is 392 g/mol. The Morgan fingerprint density at radius 1 is 1.19 bits per heavy atom. The van der Waals surface area contributed by atoms with Crippen LogP contribution in [0.15, 0.2) is 24.3 Å². The van der Waals surface area contributed by atoms with Gasteiger partial charge in [-0.1, -0.05) is 0 Å². The van der Waals surface area contributed by atoms with Crippen molar-refractivity contribution in [3.05, 3.63) is 40.3 Å². The van der Waals surface area contributed by atoms with Crippen molar-refractivity contribution in [1.29, 1.82) is 0 Å². The van der Waals surface area contributed by atoms with Gasteiger partial charge in [0.05, 0.1) is 7.11 Å². The molecule has 1 heterocycles. The molecule has 27 heavy (non-hydrogen) atoms. The van der Waals surface area contributed by atoms with E-state index in [9.17, 15) is 19.5 Å². The number of benzene rings is 1. The molecule has 0 saturated heterocycles. The SMILES string of the molecule is COc1ccc(-c2sc(C(=O)O)c(OCC(=O)O)c2C)cc1C=CC(=O)O. The lowest BCUT2D eigenvalue weighted by Gasteiger charge is -2.08. The van der Waals surface area contributed by atoms with Gasteiger partial charge in [-0.15, -0.1) is 11.3 Å². The van der Waals surface area contributed by atoms with Crippen molar-refractivity contribution in [2.45, 2.75) is 6.92 Å². The van der Waals surface area contributed by atoms with E-state index in [1.165, 1.54) is 13.2 Å². The molecule has 0 aliphatic heterocycles. The number of hydrogen-bond acceptors (Lipinski definition) is 6. The Balaban J connectivity index is 2.55. The lowest BCUT2D eigenvalue weighted by Crippen LogP contribution is -2.11. The van der Waals surface area contributed by atoms with E-state index in [2.05, 4.69) is 0 Å². The minimum Gasteiger partial charge on any atom is -0.496 e. The first-order valence-electron chi connectivity index (χ1n) is 7.55. The highest BCUT2D eigenvalue weighted by Gasteiger charge is 2.23. The molecular weight excluding hydrogens is 376 g/mol. The van der Waals surface area contributed by atoms with Gasteiger partial charge in [0, 0.05) is 22.1 Å². The molecule has 0 atom stereocenters. The number of hydrogen-bond donors (Lipinski definition) is 3. The van der Waals surface area contributed by atoms with Crippen LogP contribution in [0.25, 0.3) is 16.5 Å². The molecule has 0 aliphatic carbocycles. The minimum absolute atomic E-state index is 0.00310. The Morgan fingerprint density at radius 3 is 2.44 bits per heavy atom. The van der Waals surface area contributed by atoms with Crippen molar-refractivity contribution in [3.8, 4) is 21.9 Å². The molecule has 3 N–H and O–H groups in total. The fraction of sp³-hybridized carbons (Fsp3) is 0.167. The van der Waals surface area contributed by atoms with Gasteiger partial charge in [0.2, 0.25) is 0 Å². The summed E-state index contributed by atoms with van der Waals surface area (Å²) < 4.78 is 10.4. The Morgan fingerprint density at radius 2 is 1.89 bits per heavy atom. The third kappa shape index (κ3) is 4.64. The van der Waals surface area contributed by atoms with E-state index in [0.717, 1.165) is 17.4 Å². The van der Waals surface area contributed by atoms with Crippen LogP contribution in [0.4, 0.5) is 0 Å². The summed E-state index contributed by atoms with van der Waals surface area (Å²) >= 11 is 0.947. The van der Waals surface area contributed by atoms with Gasteiger partial charge in [-0.3, -0.25) is 0 Å². The van der Waals surface area contributed by atoms with E-state index in [0.29, 0.717) is 27.3 Å². The lowest BCUT2D eigenvalue weighted by atomic mass is 10.0. The van der Waals surface area contributed by atoms with Gasteiger partial charge in [-0.25, -0.2) is 14.4 Å². The molecule has 142 valence electrons. The summed E-state index contributed by atoms with van der Waals surface area (Å²) in [6.45, 7) is 0.971. The number of thiophene rings is 1. The smallest absolute Gasteiger partial charge is 0.349 e. The zero-order valence-corrected chi connectivity index (χ0v) is 15.2. The molecule has 0 bridgehead atoms. The quantitative estimate of drug-likeness (QED) is 0.585. The van der Waals surface area contributed by atoms with Crippen molar-refractivity contribution in [2.24, 2.45) is 0 Å². The van der Waals surface area contributed by atoms with Crippen LogP contribution in [0.2, 0.25) is 0 Å². The molecule has 0 saturated carbocycles. The molecule has 2 rings (SSSR count). The molecule has 0 radical (unpaired) electrons. The molecule has 9 heteroatoms. The van der Waals surface area contributed by atoms with Gasteiger partial charge in [0.15, 0.2) is 11.5 Å². The maximum Gasteiger partial charge on any atom is 0.349 e. The first-order chi connectivity index (χ1) is 12.7. The Hall–Kier alpha value is -3.33. The Kier molecular flexibility index (Phi) is 6.19. The normalized spacial score (nSPS) is 10.7. The van der Waals surface area contributed by atoms with Gasteiger partial charge in [0.1, 0.15) is 11.5 Å². The molecule has 0 fully saturated rings. The van der Waals surface area contributed by atoms with E-state index in [-0.39, 0.29) is 10.6 Å². The number of aliphatic carboxylic acids is 2. The van der Waals surface area contributed by atoms with Gasteiger partial charge >= 0.3 is 17.9 Å². The van der Waals surface area contributed by atoms with Crippen LogP contribution in [-0.2, 0) is 9.59 Å². The Bertz CT molecular complexity index is 926. The van der Waals surface area contributed by atoms with Crippen LogP contribution in [-0.4, -0.2) is 46.9 Å². The minimum atomic E-state index is -1.23. The number of methoxy groups -OCH3 is 1. The van der Waals surface area contributed by atoms with Gasteiger partial charge in [0.25, 0.3) is 0 Å². The van der Waals surface area contributed by atoms with Gasteiger partial charge in [-0.2, -0.15) is 0 Å². The molecule has 1 aromatic heterocycles. The average molecular weight is 392 g/mol. The van der Waals surface area contributed by atoms with Crippen LogP contribution in [0.3, 0.4) is 0 Å². The van der Waals surface area contributed by atoms with E-state index >= 15 is 0 Å². The maximum absolute atomic E-state index is 11.5. The predicted molar refractivity (Wildman–Crippen MR) is 97.8 cm³/mol. The van der Waals surface area contributed by atoms with Crippen molar-refractivity contribution in [1.82, 2.24) is 0 Å². The molecule has 0 amide bonds. The standard InChI is InChI=1S/C18H16O8S/c1-9-15(26-8-14(21)22)17(18(23)24)27-16(9)11-3-5-12(25-2)10(7-11)4-6-13(19)20/h3-7H,8H2,1-2H3,(H,19,20)(H,21,22)(H,23,24). The summed E-state index contributed by atoms with van der Waals surface area (Å²) in [7, 11) is 1.45. The van der Waals surface area contributed by atoms with E-state index in [1.807, 2.05) is 0 Å². The highest BCUT2D eigenvalue weighted by molar-refractivity contribution is 7.18. The highest BCUT2D eigenvalue weighted by atomic mass is 32.1. The first kappa shape index (κ1) is 20.0. The predicted octanol–water partition coefficient (Wildman–Crippen LogP) is 2.99. The molecule has 0 spiro atoms. The van der Waals surface area contributed by atoms with E-state index < -0.39 is 24.5 Å². The maximum atomic E-state index is 11.5. The zero-order chi connectivity index (χ0) is 20.1. The number of carboxylic acid groups (broad SMARTS) is 3. The number of rotatable bonds is 8. The van der Waals surface area contributed by atoms with Crippen LogP contribution in [0.5, 0.6) is 11.5 Å². The molecule has 2 aromatic rings. The molecule has 1 aromatic carbocycles. The number of carboxylic acids is 3. The summed E-state index contributed by atoms with van der Waals surface area (Å²) in [5, 5.41) is 27.0. The van der Waals surface area contributed by atoms with Crippen LogP contribution < -0.4 is 9.47 Å². The Labute approximate surface area is 157 Å². The second-order valence-corrected chi connectivity index (χ2v) is 6.35. The molecular formula is C18H16O8S. The summed E-state index contributed by atoms with van der Waals surface area (Å²) in [5.41, 5.74) is 1.60. The first-order valence-corrected chi connectivity index (χ1v) is 8.37. The van der Waals surface area contributed by atoms with Crippen molar-refractivity contribution < 1.29 is 39.2 Å². The fourth-order valence-electron chi connectivity index (χ4n) is 2.39. The average Bonchev–Trinajstić information content (AvgIpc) is 2.94. The summed E-state index contributed by atoms with van der Waals surface area (Å²) in [6, 6.07) is 4.99. The zero-order valence-electron chi connectivity index (χ0n) is 14.4. The molecule has 0 unspecified atom stereocenters. The third-order valence-corrected chi connectivity index (χ3v) is 4.83. The molecule has 8 nitrogen and oxygen atoms in total. The van der Waals surface area contributed by atoms with Crippen LogP contribution >= 0.6 is 11.3 Å². The fourth-order valence-corrected chi connectivity index (χ4v) is 3.48. The third-order valence-electron chi connectivity index (χ3n) is 3.52. The van der Waals surface area contributed by atoms with Crippen LogP contribution in [0, 0.1) is 6.92 Å². The summed E-state index contributed by atoms with van der Waals surface area (Å²) in [4.78, 5) is 33.5. The van der Waals surface area contributed by atoms with Crippen molar-refractivity contribution in [3.63, 3.8) is 0 Å². The van der Waals surface area contributed by atoms with E-state index in [4.69, 9.17) is 19.7 Å². The number of carbonyl (C=O) groups is 3. The van der Waals surface area contributed by atoms with Gasteiger partial charge < -0.3 is 24.8 Å². The molecule has 0 aliphatic rings. The highest BCUT2D eigenvalue weighted by Crippen LogP contribution is 2.42. The summed E-state index contributed by atoms with van der Waals surface area (Å²) in [5.74, 6) is -3.11. The van der Waals surface area contributed by atoms with E-state index in [1.54, 1.807) is 25.1 Å². The number of aromatic carboxylic acids is 1. The van der Waals surface area contributed by atoms with Crippen LogP contribution in [0.1, 0.15) is 20.8 Å². The second kappa shape index (κ2) is 8.37.